The van der Waals surface area contributed by atoms with Crippen molar-refractivity contribution in [1.82, 2.24) is 9.78 Å². The van der Waals surface area contributed by atoms with Gasteiger partial charge in [0, 0.05) is 18.7 Å². The van der Waals surface area contributed by atoms with Crippen molar-refractivity contribution in [2.75, 3.05) is 0 Å². The Morgan fingerprint density at radius 3 is 2.93 bits per heavy atom. The van der Waals surface area contributed by atoms with Gasteiger partial charge >= 0.3 is 5.97 Å². The van der Waals surface area contributed by atoms with Crippen molar-refractivity contribution in [3.05, 3.63) is 17.5 Å². The van der Waals surface area contributed by atoms with Gasteiger partial charge in [0.15, 0.2) is 0 Å². The molecule has 5 heteroatoms. The quantitative estimate of drug-likeness (QED) is 0.745. The number of carbonyl (C=O) groups is 1. The molecule has 0 aromatic carbocycles. The molecule has 0 aliphatic heterocycles. The predicted molar refractivity (Wildman–Crippen MR) is 56.6 cm³/mol. The Kier molecular flexibility index (Phi) is 3.85. The van der Waals surface area contributed by atoms with Crippen LogP contribution in [-0.4, -0.2) is 26.9 Å². The SMILES string of the molecule is CCCn1ncc(CC(N)C(=O)O)c1C. The summed E-state index contributed by atoms with van der Waals surface area (Å²) < 4.78 is 1.88. The summed E-state index contributed by atoms with van der Waals surface area (Å²) in [5.74, 6) is -0.974. The van der Waals surface area contributed by atoms with E-state index in [0.29, 0.717) is 6.42 Å². The molecule has 3 N–H and O–H groups in total. The summed E-state index contributed by atoms with van der Waals surface area (Å²) in [6.07, 6.45) is 3.05. The zero-order valence-corrected chi connectivity index (χ0v) is 9.10. The van der Waals surface area contributed by atoms with E-state index >= 15 is 0 Å². The highest BCUT2D eigenvalue weighted by Crippen LogP contribution is 2.09. The Hall–Kier alpha value is -1.36. The van der Waals surface area contributed by atoms with Crippen LogP contribution in [0.15, 0.2) is 6.20 Å². The number of rotatable bonds is 5. The molecule has 0 spiro atoms. The van der Waals surface area contributed by atoms with E-state index in [1.54, 1.807) is 6.20 Å². The molecule has 1 aromatic heterocycles. The van der Waals surface area contributed by atoms with Crippen molar-refractivity contribution in [1.29, 1.82) is 0 Å². The number of hydrogen-bond acceptors (Lipinski definition) is 3. The van der Waals surface area contributed by atoms with Crippen molar-refractivity contribution in [3.63, 3.8) is 0 Å². The molecule has 0 radical (unpaired) electrons. The van der Waals surface area contributed by atoms with Crippen molar-refractivity contribution >= 4 is 5.97 Å². The molecule has 1 rings (SSSR count). The van der Waals surface area contributed by atoms with Crippen molar-refractivity contribution < 1.29 is 9.90 Å². The number of nitrogens with zero attached hydrogens (tertiary/aromatic N) is 2. The van der Waals surface area contributed by atoms with E-state index in [-0.39, 0.29) is 0 Å². The van der Waals surface area contributed by atoms with Crippen LogP contribution in [0.25, 0.3) is 0 Å². The zero-order chi connectivity index (χ0) is 11.4. The Morgan fingerprint density at radius 1 is 1.73 bits per heavy atom. The van der Waals surface area contributed by atoms with Gasteiger partial charge in [-0.2, -0.15) is 5.10 Å². The van der Waals surface area contributed by atoms with E-state index < -0.39 is 12.0 Å². The van der Waals surface area contributed by atoms with Gasteiger partial charge in [-0.05, 0) is 18.9 Å². The van der Waals surface area contributed by atoms with Crippen molar-refractivity contribution in [2.45, 2.75) is 39.3 Å². The lowest BCUT2D eigenvalue weighted by Crippen LogP contribution is -2.32. The van der Waals surface area contributed by atoms with Crippen LogP contribution >= 0.6 is 0 Å². The minimum absolute atomic E-state index is 0.338. The molecule has 0 aliphatic carbocycles. The lowest BCUT2D eigenvalue weighted by molar-refractivity contribution is -0.138. The van der Waals surface area contributed by atoms with Crippen LogP contribution < -0.4 is 5.73 Å². The highest BCUT2D eigenvalue weighted by Gasteiger charge is 2.15. The van der Waals surface area contributed by atoms with Gasteiger partial charge in [0.1, 0.15) is 6.04 Å². The number of hydrogen-bond donors (Lipinski definition) is 2. The second kappa shape index (κ2) is 4.93. The van der Waals surface area contributed by atoms with Gasteiger partial charge in [-0.3, -0.25) is 9.48 Å². The van der Waals surface area contributed by atoms with Crippen LogP contribution in [0.1, 0.15) is 24.6 Å². The van der Waals surface area contributed by atoms with Gasteiger partial charge in [0.25, 0.3) is 0 Å². The van der Waals surface area contributed by atoms with E-state index in [2.05, 4.69) is 12.0 Å². The summed E-state index contributed by atoms with van der Waals surface area (Å²) >= 11 is 0. The number of nitrogens with two attached hydrogens (primary N) is 1. The normalized spacial score (nSPS) is 12.7. The van der Waals surface area contributed by atoms with Crippen molar-refractivity contribution in [2.24, 2.45) is 5.73 Å². The van der Waals surface area contributed by atoms with Crippen LogP contribution in [0.3, 0.4) is 0 Å². The fourth-order valence-electron chi connectivity index (χ4n) is 1.45. The second-order valence-electron chi connectivity index (χ2n) is 3.63. The highest BCUT2D eigenvalue weighted by atomic mass is 16.4. The molecule has 0 saturated heterocycles. The topological polar surface area (TPSA) is 81.1 Å². The van der Waals surface area contributed by atoms with E-state index in [4.69, 9.17) is 10.8 Å². The summed E-state index contributed by atoms with van der Waals surface area (Å²) in [6, 6.07) is -0.844. The first kappa shape index (κ1) is 11.7. The largest absolute Gasteiger partial charge is 0.480 e. The third-order valence-electron chi connectivity index (χ3n) is 2.40. The zero-order valence-electron chi connectivity index (χ0n) is 9.10. The van der Waals surface area contributed by atoms with Gasteiger partial charge in [-0.25, -0.2) is 0 Å². The van der Waals surface area contributed by atoms with Gasteiger partial charge < -0.3 is 10.8 Å². The number of aliphatic carboxylic acids is 1. The summed E-state index contributed by atoms with van der Waals surface area (Å²) in [6.45, 7) is 4.87. The maximum Gasteiger partial charge on any atom is 0.320 e. The standard InChI is InChI=1S/C10H17N3O2/c1-3-4-13-7(2)8(6-12-13)5-9(11)10(14)15/h6,9H,3-5,11H2,1-2H3,(H,14,15). The van der Waals surface area contributed by atoms with E-state index in [0.717, 1.165) is 24.2 Å². The summed E-state index contributed by atoms with van der Waals surface area (Å²) in [5, 5.41) is 12.9. The first-order chi connectivity index (χ1) is 7.06. The first-order valence-corrected chi connectivity index (χ1v) is 5.06. The van der Waals surface area contributed by atoms with E-state index in [1.165, 1.54) is 0 Å². The molecule has 0 aliphatic rings. The fraction of sp³-hybridized carbons (Fsp3) is 0.600. The minimum Gasteiger partial charge on any atom is -0.480 e. The molecular formula is C10H17N3O2. The van der Waals surface area contributed by atoms with Crippen LogP contribution in [0.2, 0.25) is 0 Å². The molecular weight excluding hydrogens is 194 g/mol. The molecule has 1 heterocycles. The highest BCUT2D eigenvalue weighted by molar-refractivity contribution is 5.73. The van der Waals surface area contributed by atoms with E-state index in [9.17, 15) is 4.79 Å². The maximum absolute atomic E-state index is 10.6. The van der Waals surface area contributed by atoms with Crippen LogP contribution in [0.4, 0.5) is 0 Å². The summed E-state index contributed by atoms with van der Waals surface area (Å²) in [4.78, 5) is 10.6. The van der Waals surface area contributed by atoms with Crippen molar-refractivity contribution in [3.8, 4) is 0 Å². The number of carboxylic acids is 1. The molecule has 5 nitrogen and oxygen atoms in total. The Morgan fingerprint density at radius 2 is 2.40 bits per heavy atom. The Bertz CT molecular complexity index is 346. The van der Waals surface area contributed by atoms with Crippen LogP contribution in [-0.2, 0) is 17.8 Å². The molecule has 84 valence electrons. The molecule has 1 atom stereocenters. The molecule has 0 amide bonds. The van der Waals surface area contributed by atoms with Gasteiger partial charge in [0.2, 0.25) is 0 Å². The molecule has 1 aromatic rings. The Balaban J connectivity index is 2.74. The smallest absolute Gasteiger partial charge is 0.320 e. The maximum atomic E-state index is 10.6. The summed E-state index contributed by atoms with van der Waals surface area (Å²) in [5.41, 5.74) is 7.39. The molecule has 0 fully saturated rings. The number of carboxylic acid groups (broad SMARTS) is 1. The van der Waals surface area contributed by atoms with Crippen LogP contribution in [0.5, 0.6) is 0 Å². The lowest BCUT2D eigenvalue weighted by Gasteiger charge is -2.06. The molecule has 0 saturated carbocycles. The fourth-order valence-corrected chi connectivity index (χ4v) is 1.45. The molecule has 0 bridgehead atoms. The van der Waals surface area contributed by atoms with E-state index in [1.807, 2.05) is 11.6 Å². The summed E-state index contributed by atoms with van der Waals surface area (Å²) in [7, 11) is 0. The molecule has 15 heavy (non-hydrogen) atoms. The third kappa shape index (κ3) is 2.79. The average Bonchev–Trinajstić information content (AvgIpc) is 2.50. The number of aryl methyl sites for hydroxylation is 1. The van der Waals surface area contributed by atoms with Crippen LogP contribution in [0, 0.1) is 6.92 Å². The minimum atomic E-state index is -0.974. The Labute approximate surface area is 88.9 Å². The predicted octanol–water partition coefficient (Wildman–Crippen LogP) is 0.556. The van der Waals surface area contributed by atoms with Gasteiger partial charge in [-0.1, -0.05) is 6.92 Å². The lowest BCUT2D eigenvalue weighted by atomic mass is 10.1. The van der Waals surface area contributed by atoms with Gasteiger partial charge in [-0.15, -0.1) is 0 Å². The molecule has 1 unspecified atom stereocenters. The number of aromatic nitrogens is 2. The first-order valence-electron chi connectivity index (χ1n) is 5.06. The monoisotopic (exact) mass is 211 g/mol. The second-order valence-corrected chi connectivity index (χ2v) is 3.63. The third-order valence-corrected chi connectivity index (χ3v) is 2.40. The average molecular weight is 211 g/mol. The van der Waals surface area contributed by atoms with Gasteiger partial charge in [0.05, 0.1) is 6.20 Å².